The lowest BCUT2D eigenvalue weighted by Gasteiger charge is -2.27. The van der Waals surface area contributed by atoms with E-state index in [2.05, 4.69) is 6.92 Å². The fourth-order valence-electron chi connectivity index (χ4n) is 4.01. The molecule has 2 aromatic carbocycles. The maximum atomic E-state index is 14.6. The smallest absolute Gasteiger partial charge is 0.207 e. The minimum Gasteiger partial charge on any atom is -0.316 e. The molecule has 146 valence electrons. The van der Waals surface area contributed by atoms with E-state index in [1.165, 1.54) is 29.4 Å². The molecule has 0 saturated carbocycles. The summed E-state index contributed by atoms with van der Waals surface area (Å²) in [7, 11) is 0. The second kappa shape index (κ2) is 7.97. The molecule has 1 aliphatic rings. The van der Waals surface area contributed by atoms with Gasteiger partial charge in [-0.15, -0.1) is 5.10 Å². The predicted octanol–water partition coefficient (Wildman–Crippen LogP) is 3.79. The van der Waals surface area contributed by atoms with Crippen LogP contribution in [0.1, 0.15) is 25.3 Å². The first kappa shape index (κ1) is 19.0. The molecule has 4 nitrogen and oxygen atoms in total. The van der Waals surface area contributed by atoms with E-state index in [4.69, 9.17) is 17.3 Å². The molecule has 1 fully saturated rings. The van der Waals surface area contributed by atoms with Crippen molar-refractivity contribution in [2.75, 3.05) is 13.1 Å². The molecule has 1 aliphatic heterocycles. The quantitative estimate of drug-likeness (QED) is 0.678. The number of aryl methyl sites for hydroxylation is 1. The normalized spacial score (nSPS) is 19.7. The van der Waals surface area contributed by atoms with Crippen LogP contribution in [0.3, 0.4) is 0 Å². The molecule has 0 spiro atoms. The van der Waals surface area contributed by atoms with Crippen LogP contribution in [-0.2, 0) is 6.67 Å². The van der Waals surface area contributed by atoms with Gasteiger partial charge < -0.3 is 4.90 Å². The number of nitrogens with one attached hydrogen (secondary N) is 1. The molecule has 1 unspecified atom stereocenters. The van der Waals surface area contributed by atoms with Crippen molar-refractivity contribution in [2.45, 2.75) is 33.4 Å². The Bertz CT molecular complexity index is 1020. The first-order chi connectivity index (χ1) is 13.5. The number of halogens is 1. The van der Waals surface area contributed by atoms with Gasteiger partial charge in [-0.25, -0.2) is 4.39 Å². The number of rotatable bonds is 4. The topological polar surface area (TPSA) is 27.2 Å². The SMILES string of the molecule is Cc1ccc(-n2c(-c3ccccc3F)nn(C[NH+]3CCC[C@@H](C)C3)c2=S)cc1. The van der Waals surface area contributed by atoms with E-state index < -0.39 is 0 Å². The Hall–Kier alpha value is -2.31. The van der Waals surface area contributed by atoms with Crippen LogP contribution in [0.5, 0.6) is 0 Å². The number of hydrogen-bond donors (Lipinski definition) is 1. The summed E-state index contributed by atoms with van der Waals surface area (Å²) >= 11 is 5.80. The van der Waals surface area contributed by atoms with Crippen LogP contribution in [0.2, 0.25) is 0 Å². The van der Waals surface area contributed by atoms with Gasteiger partial charge in [0.15, 0.2) is 12.5 Å². The van der Waals surface area contributed by atoms with Gasteiger partial charge in [0.1, 0.15) is 5.82 Å². The Labute approximate surface area is 170 Å². The Morgan fingerprint density at radius 3 is 2.64 bits per heavy atom. The average Bonchev–Trinajstić information content (AvgIpc) is 2.99. The summed E-state index contributed by atoms with van der Waals surface area (Å²) in [5, 5.41) is 4.77. The lowest BCUT2D eigenvalue weighted by molar-refractivity contribution is -0.931. The van der Waals surface area contributed by atoms with Crippen molar-refractivity contribution in [2.24, 2.45) is 5.92 Å². The fraction of sp³-hybridized carbons (Fsp3) is 0.364. The van der Waals surface area contributed by atoms with Crippen LogP contribution in [0.4, 0.5) is 4.39 Å². The second-order valence-corrected chi connectivity index (χ2v) is 8.23. The third-order valence-corrected chi connectivity index (χ3v) is 5.88. The second-order valence-electron chi connectivity index (χ2n) is 7.87. The van der Waals surface area contributed by atoms with Crippen molar-refractivity contribution in [3.05, 3.63) is 64.7 Å². The van der Waals surface area contributed by atoms with Crippen molar-refractivity contribution in [3.63, 3.8) is 0 Å². The third kappa shape index (κ3) is 3.80. The number of piperidine rings is 1. The minimum atomic E-state index is -0.290. The van der Waals surface area contributed by atoms with Crippen molar-refractivity contribution >= 4 is 12.2 Å². The summed E-state index contributed by atoms with van der Waals surface area (Å²) in [5.74, 6) is 0.974. The highest BCUT2D eigenvalue weighted by Crippen LogP contribution is 2.25. The van der Waals surface area contributed by atoms with E-state index in [9.17, 15) is 4.39 Å². The zero-order valence-corrected chi connectivity index (χ0v) is 17.2. The highest BCUT2D eigenvalue weighted by Gasteiger charge is 2.23. The van der Waals surface area contributed by atoms with Crippen LogP contribution in [0.25, 0.3) is 17.1 Å². The van der Waals surface area contributed by atoms with Gasteiger partial charge in [0.05, 0.1) is 18.7 Å². The Kier molecular flexibility index (Phi) is 5.42. The number of hydrogen-bond acceptors (Lipinski definition) is 2. The number of benzene rings is 2. The van der Waals surface area contributed by atoms with Gasteiger partial charge in [-0.2, -0.15) is 4.68 Å². The van der Waals surface area contributed by atoms with Crippen molar-refractivity contribution < 1.29 is 9.29 Å². The van der Waals surface area contributed by atoms with Crippen molar-refractivity contribution in [1.82, 2.24) is 14.3 Å². The maximum absolute atomic E-state index is 14.6. The summed E-state index contributed by atoms with van der Waals surface area (Å²) in [4.78, 5) is 1.48. The summed E-state index contributed by atoms with van der Waals surface area (Å²) in [5.41, 5.74) is 2.54. The zero-order chi connectivity index (χ0) is 19.7. The van der Waals surface area contributed by atoms with Gasteiger partial charge in [-0.05, 0) is 56.2 Å². The number of aromatic nitrogens is 3. The molecular weight excluding hydrogens is 371 g/mol. The van der Waals surface area contributed by atoms with Crippen molar-refractivity contribution in [3.8, 4) is 17.1 Å². The van der Waals surface area contributed by atoms with Gasteiger partial charge >= 0.3 is 0 Å². The molecule has 0 amide bonds. The summed E-state index contributed by atoms with van der Waals surface area (Å²) < 4.78 is 18.9. The Balaban J connectivity index is 1.81. The number of nitrogens with zero attached hydrogens (tertiary/aromatic N) is 3. The Morgan fingerprint density at radius 2 is 1.93 bits per heavy atom. The van der Waals surface area contributed by atoms with Crippen molar-refractivity contribution in [1.29, 1.82) is 0 Å². The highest BCUT2D eigenvalue weighted by molar-refractivity contribution is 7.71. The molecule has 2 atom stereocenters. The molecule has 4 rings (SSSR count). The van der Waals surface area contributed by atoms with Gasteiger partial charge in [-0.1, -0.05) is 36.8 Å². The molecular formula is C22H26FN4S+. The van der Waals surface area contributed by atoms with Gasteiger partial charge in [0, 0.05) is 11.6 Å². The van der Waals surface area contributed by atoms with Crippen LogP contribution in [-0.4, -0.2) is 27.4 Å². The molecule has 1 N–H and O–H groups in total. The minimum absolute atomic E-state index is 0.290. The van der Waals surface area contributed by atoms with Gasteiger partial charge in [0.25, 0.3) is 0 Å². The third-order valence-electron chi connectivity index (χ3n) is 5.48. The maximum Gasteiger partial charge on any atom is 0.207 e. The molecule has 1 saturated heterocycles. The van der Waals surface area contributed by atoms with E-state index >= 15 is 0 Å². The van der Waals surface area contributed by atoms with Gasteiger partial charge in [0.2, 0.25) is 4.77 Å². The standard InChI is InChI=1S/C22H25FN4S/c1-16-9-11-18(12-10-16)27-21(19-7-3-4-8-20(19)23)24-26(22(27)28)15-25-13-5-6-17(2)14-25/h3-4,7-12,17H,5-6,13-15H2,1-2H3/p+1/t17-/m1/s1. The molecule has 3 aromatic rings. The summed E-state index contributed by atoms with van der Waals surface area (Å²) in [6, 6.07) is 14.9. The van der Waals surface area contributed by atoms with E-state index in [1.54, 1.807) is 12.1 Å². The molecule has 6 heteroatoms. The van der Waals surface area contributed by atoms with Crippen LogP contribution < -0.4 is 4.90 Å². The molecule has 0 aliphatic carbocycles. The lowest BCUT2D eigenvalue weighted by atomic mass is 10.0. The van der Waals surface area contributed by atoms with E-state index in [-0.39, 0.29) is 5.82 Å². The largest absolute Gasteiger partial charge is 0.316 e. The fourth-order valence-corrected chi connectivity index (χ4v) is 4.30. The van der Waals surface area contributed by atoms with E-state index in [1.807, 2.05) is 46.5 Å². The summed E-state index contributed by atoms with van der Waals surface area (Å²) in [6.07, 6.45) is 2.51. The monoisotopic (exact) mass is 397 g/mol. The number of quaternary nitrogens is 1. The first-order valence-electron chi connectivity index (χ1n) is 9.88. The molecule has 2 heterocycles. The molecule has 1 aromatic heterocycles. The average molecular weight is 398 g/mol. The lowest BCUT2D eigenvalue weighted by Crippen LogP contribution is -3.12. The zero-order valence-electron chi connectivity index (χ0n) is 16.4. The first-order valence-corrected chi connectivity index (χ1v) is 10.3. The van der Waals surface area contributed by atoms with E-state index in [0.717, 1.165) is 18.8 Å². The molecule has 0 bridgehead atoms. The Morgan fingerprint density at radius 1 is 1.18 bits per heavy atom. The van der Waals surface area contributed by atoms with E-state index in [0.29, 0.717) is 28.7 Å². The number of likely N-dealkylation sites (tertiary alicyclic amines) is 1. The van der Waals surface area contributed by atoms with Crippen LogP contribution >= 0.6 is 12.2 Å². The summed E-state index contributed by atoms with van der Waals surface area (Å²) in [6.45, 7) is 7.30. The van der Waals surface area contributed by atoms with Crippen LogP contribution in [0, 0.1) is 23.4 Å². The van der Waals surface area contributed by atoms with Gasteiger partial charge in [-0.3, -0.25) is 4.57 Å². The highest BCUT2D eigenvalue weighted by atomic mass is 32.1. The predicted molar refractivity (Wildman–Crippen MR) is 112 cm³/mol. The van der Waals surface area contributed by atoms with Crippen LogP contribution in [0.15, 0.2) is 48.5 Å². The molecule has 0 radical (unpaired) electrons. The molecule has 28 heavy (non-hydrogen) atoms.